The summed E-state index contributed by atoms with van der Waals surface area (Å²) in [7, 11) is 0. The third-order valence-corrected chi connectivity index (χ3v) is 2.74. The van der Waals surface area contributed by atoms with E-state index in [0.29, 0.717) is 5.56 Å². The van der Waals surface area contributed by atoms with Crippen LogP contribution in [0.1, 0.15) is 24.3 Å². The Morgan fingerprint density at radius 1 is 1.40 bits per heavy atom. The van der Waals surface area contributed by atoms with Crippen molar-refractivity contribution in [2.45, 2.75) is 18.8 Å². The Morgan fingerprint density at radius 2 is 2.20 bits per heavy atom. The zero-order valence-corrected chi connectivity index (χ0v) is 10.1. The van der Waals surface area contributed by atoms with Crippen molar-refractivity contribution in [3.63, 3.8) is 0 Å². The Kier molecular flexibility index (Phi) is 4.54. The van der Waals surface area contributed by atoms with E-state index >= 15 is 0 Å². The lowest BCUT2D eigenvalue weighted by Gasteiger charge is -2.23. The molecule has 15 heavy (non-hydrogen) atoms. The predicted octanol–water partition coefficient (Wildman–Crippen LogP) is 2.58. The Bertz CT molecular complexity index is 326. The van der Waals surface area contributed by atoms with Crippen LogP contribution in [0, 0.1) is 5.82 Å². The molecule has 0 aliphatic carbocycles. The first-order chi connectivity index (χ1) is 6.79. The number of aromatic hydroxyl groups is 1. The number of phenolic OH excluding ortho intramolecular Hbond substituents is 1. The van der Waals surface area contributed by atoms with E-state index in [-0.39, 0.29) is 28.6 Å². The molecule has 0 aromatic heterocycles. The summed E-state index contributed by atoms with van der Waals surface area (Å²) in [5.74, 6) is -0.495. The van der Waals surface area contributed by atoms with E-state index in [1.165, 1.54) is 6.07 Å². The molecule has 1 unspecified atom stereocenters. The second-order valence-corrected chi connectivity index (χ2v) is 3.72. The molecule has 1 aliphatic heterocycles. The average molecular weight is 276 g/mol. The molecule has 0 bridgehead atoms. The van der Waals surface area contributed by atoms with Gasteiger partial charge in [-0.3, -0.25) is 0 Å². The first-order valence-corrected chi connectivity index (χ1v) is 4.97. The molecule has 1 aliphatic rings. The molecule has 0 amide bonds. The molecular formula is C11H15BrFNO. The van der Waals surface area contributed by atoms with Crippen LogP contribution in [-0.2, 0) is 0 Å². The molecule has 84 valence electrons. The minimum Gasteiger partial charge on any atom is -0.505 e. The van der Waals surface area contributed by atoms with Gasteiger partial charge < -0.3 is 10.4 Å². The summed E-state index contributed by atoms with van der Waals surface area (Å²) in [6.45, 7) is 1.82. The highest BCUT2D eigenvalue weighted by atomic mass is 79.9. The molecule has 1 aromatic carbocycles. The Labute approximate surface area is 99.3 Å². The smallest absolute Gasteiger partial charge is 0.168 e. The van der Waals surface area contributed by atoms with Crippen LogP contribution in [0.5, 0.6) is 5.75 Å². The largest absolute Gasteiger partial charge is 0.505 e. The van der Waals surface area contributed by atoms with E-state index in [2.05, 4.69) is 5.32 Å². The molecule has 2 nitrogen and oxygen atoms in total. The van der Waals surface area contributed by atoms with E-state index in [0.717, 1.165) is 25.9 Å². The highest BCUT2D eigenvalue weighted by Gasteiger charge is 2.19. The molecule has 1 heterocycles. The predicted molar refractivity (Wildman–Crippen MR) is 63.2 cm³/mol. The summed E-state index contributed by atoms with van der Waals surface area (Å²) < 4.78 is 13.5. The number of hydrogen-bond donors (Lipinski definition) is 2. The van der Waals surface area contributed by atoms with Gasteiger partial charge in [-0.2, -0.15) is 0 Å². The third-order valence-electron chi connectivity index (χ3n) is 2.74. The molecule has 0 radical (unpaired) electrons. The normalized spacial score (nSPS) is 20.7. The zero-order chi connectivity index (χ0) is 9.97. The zero-order valence-electron chi connectivity index (χ0n) is 8.37. The minimum absolute atomic E-state index is 0. The quantitative estimate of drug-likeness (QED) is 0.826. The Morgan fingerprint density at radius 3 is 2.87 bits per heavy atom. The maximum absolute atomic E-state index is 13.5. The second kappa shape index (κ2) is 5.47. The first kappa shape index (κ1) is 12.5. The van der Waals surface area contributed by atoms with Crippen molar-refractivity contribution >= 4 is 17.0 Å². The number of nitrogens with one attached hydrogen (secondary N) is 1. The highest BCUT2D eigenvalue weighted by Crippen LogP contribution is 2.29. The third kappa shape index (κ3) is 2.69. The van der Waals surface area contributed by atoms with Gasteiger partial charge in [0, 0.05) is 6.54 Å². The molecule has 2 rings (SSSR count). The molecule has 4 heteroatoms. The number of benzene rings is 1. The Hall–Kier alpha value is -0.610. The molecule has 1 aromatic rings. The van der Waals surface area contributed by atoms with Gasteiger partial charge in [-0.15, -0.1) is 17.0 Å². The fourth-order valence-corrected chi connectivity index (χ4v) is 1.97. The number of rotatable bonds is 1. The standard InChI is InChI=1S/C11H14FNO.BrH/c12-11-9(4-1-5-10(11)14)8-3-2-6-13-7-8;/h1,4-5,8,13-14H,2-3,6-7H2;1H. The van der Waals surface area contributed by atoms with E-state index in [4.69, 9.17) is 0 Å². The summed E-state index contributed by atoms with van der Waals surface area (Å²) in [6.07, 6.45) is 2.06. The monoisotopic (exact) mass is 275 g/mol. The van der Waals surface area contributed by atoms with Crippen LogP contribution in [0.2, 0.25) is 0 Å². The Balaban J connectivity index is 0.00000112. The summed E-state index contributed by atoms with van der Waals surface area (Å²) in [5.41, 5.74) is 0.636. The lowest BCUT2D eigenvalue weighted by atomic mass is 9.91. The van der Waals surface area contributed by atoms with Crippen LogP contribution >= 0.6 is 17.0 Å². The number of phenols is 1. The van der Waals surface area contributed by atoms with Crippen molar-refractivity contribution in [1.82, 2.24) is 5.32 Å². The van der Waals surface area contributed by atoms with Crippen molar-refractivity contribution in [3.8, 4) is 5.75 Å². The van der Waals surface area contributed by atoms with Gasteiger partial charge in [0.25, 0.3) is 0 Å². The second-order valence-electron chi connectivity index (χ2n) is 3.72. The number of halogens is 2. The van der Waals surface area contributed by atoms with Crippen molar-refractivity contribution < 1.29 is 9.50 Å². The molecule has 1 atom stereocenters. The van der Waals surface area contributed by atoms with E-state index in [1.807, 2.05) is 0 Å². The van der Waals surface area contributed by atoms with Gasteiger partial charge in [0.05, 0.1) is 0 Å². The maximum atomic E-state index is 13.5. The van der Waals surface area contributed by atoms with Gasteiger partial charge in [0.2, 0.25) is 0 Å². The molecule has 1 saturated heterocycles. The first-order valence-electron chi connectivity index (χ1n) is 4.97. The van der Waals surface area contributed by atoms with E-state index < -0.39 is 5.82 Å². The van der Waals surface area contributed by atoms with Crippen LogP contribution in [0.3, 0.4) is 0 Å². The van der Waals surface area contributed by atoms with Gasteiger partial charge in [0.15, 0.2) is 11.6 Å². The molecule has 2 N–H and O–H groups in total. The van der Waals surface area contributed by atoms with E-state index in [1.54, 1.807) is 12.1 Å². The molecule has 1 fully saturated rings. The van der Waals surface area contributed by atoms with Crippen molar-refractivity contribution in [1.29, 1.82) is 0 Å². The fourth-order valence-electron chi connectivity index (χ4n) is 1.97. The lowest BCUT2D eigenvalue weighted by Crippen LogP contribution is -2.28. The topological polar surface area (TPSA) is 32.3 Å². The molecule has 0 spiro atoms. The summed E-state index contributed by atoms with van der Waals surface area (Å²) in [6, 6.07) is 4.84. The average Bonchev–Trinajstić information content (AvgIpc) is 2.23. The van der Waals surface area contributed by atoms with Gasteiger partial charge in [0.1, 0.15) is 0 Å². The van der Waals surface area contributed by atoms with Gasteiger partial charge in [-0.25, -0.2) is 4.39 Å². The minimum atomic E-state index is -0.457. The van der Waals surface area contributed by atoms with Crippen molar-refractivity contribution in [2.24, 2.45) is 0 Å². The summed E-state index contributed by atoms with van der Waals surface area (Å²) in [5, 5.41) is 12.5. The van der Waals surface area contributed by atoms with Gasteiger partial charge in [-0.1, -0.05) is 12.1 Å². The van der Waals surface area contributed by atoms with Crippen LogP contribution in [0.4, 0.5) is 4.39 Å². The van der Waals surface area contributed by atoms with E-state index in [9.17, 15) is 9.50 Å². The van der Waals surface area contributed by atoms with Crippen molar-refractivity contribution in [2.75, 3.05) is 13.1 Å². The van der Waals surface area contributed by atoms with Gasteiger partial charge in [-0.05, 0) is 36.9 Å². The van der Waals surface area contributed by atoms with Gasteiger partial charge >= 0.3 is 0 Å². The fraction of sp³-hybridized carbons (Fsp3) is 0.455. The van der Waals surface area contributed by atoms with Crippen LogP contribution < -0.4 is 5.32 Å². The van der Waals surface area contributed by atoms with Crippen LogP contribution in [0.25, 0.3) is 0 Å². The van der Waals surface area contributed by atoms with Crippen LogP contribution in [-0.4, -0.2) is 18.2 Å². The summed E-state index contributed by atoms with van der Waals surface area (Å²) in [4.78, 5) is 0. The van der Waals surface area contributed by atoms with Crippen molar-refractivity contribution in [3.05, 3.63) is 29.6 Å². The summed E-state index contributed by atoms with van der Waals surface area (Å²) >= 11 is 0. The molecule has 0 saturated carbocycles. The van der Waals surface area contributed by atoms with Crippen LogP contribution in [0.15, 0.2) is 18.2 Å². The molecular weight excluding hydrogens is 261 g/mol. The lowest BCUT2D eigenvalue weighted by molar-refractivity contribution is 0.409. The number of piperidine rings is 1. The SMILES string of the molecule is Br.Oc1cccc(C2CCCNC2)c1F. The maximum Gasteiger partial charge on any atom is 0.168 e. The highest BCUT2D eigenvalue weighted by molar-refractivity contribution is 8.93. The number of hydrogen-bond acceptors (Lipinski definition) is 2.